The number of carbonyl (C=O) groups excluding carboxylic acids is 1. The fourth-order valence-corrected chi connectivity index (χ4v) is 1.85. The zero-order valence-corrected chi connectivity index (χ0v) is 8.34. The molecule has 1 heterocycles. The molecule has 0 aromatic heterocycles. The van der Waals surface area contributed by atoms with Gasteiger partial charge in [-0.3, -0.25) is 9.69 Å². The molecule has 1 atom stereocenters. The van der Waals surface area contributed by atoms with Crippen LogP contribution < -0.4 is 0 Å². The Hall–Kier alpha value is -0.280. The molecule has 1 saturated heterocycles. The van der Waals surface area contributed by atoms with E-state index in [0.717, 1.165) is 25.9 Å². The van der Waals surface area contributed by atoms with Crippen molar-refractivity contribution in [3.63, 3.8) is 0 Å². The Morgan fingerprint density at radius 1 is 1.75 bits per heavy atom. The highest BCUT2D eigenvalue weighted by molar-refractivity contribution is 6.62. The van der Waals surface area contributed by atoms with E-state index in [2.05, 4.69) is 11.8 Å². The Labute approximate surface area is 78.3 Å². The lowest BCUT2D eigenvalue weighted by atomic mass is 10.3. The van der Waals surface area contributed by atoms with Gasteiger partial charge in [0.25, 0.3) is 0 Å². The number of carbonyl (C=O) groups is 1. The van der Waals surface area contributed by atoms with Crippen molar-refractivity contribution in [1.29, 1.82) is 0 Å². The van der Waals surface area contributed by atoms with E-state index >= 15 is 0 Å². The van der Waals surface area contributed by atoms with Gasteiger partial charge in [0.2, 0.25) is 0 Å². The predicted octanol–water partition coefficient (Wildman–Crippen LogP) is 1.72. The Morgan fingerprint density at radius 2 is 2.42 bits per heavy atom. The van der Waals surface area contributed by atoms with Crippen LogP contribution in [0, 0.1) is 0 Å². The van der Waals surface area contributed by atoms with Crippen LogP contribution in [0.5, 0.6) is 0 Å². The summed E-state index contributed by atoms with van der Waals surface area (Å²) in [5.41, 5.74) is 0. The summed E-state index contributed by atoms with van der Waals surface area (Å²) in [6, 6.07) is 0. The van der Waals surface area contributed by atoms with Gasteiger partial charge in [-0.2, -0.15) is 0 Å². The Morgan fingerprint density at radius 3 is 2.92 bits per heavy atom. The van der Waals surface area contributed by atoms with Crippen LogP contribution in [0.2, 0.25) is 0 Å². The second-order valence-corrected chi connectivity index (χ2v) is 3.44. The molecule has 0 radical (unpaired) electrons. The minimum atomic E-state index is -0.361. The monoisotopic (exact) mass is 190 g/mol. The molecule has 0 saturated carbocycles. The fraction of sp³-hybridized carbons (Fsp3) is 0.875. The van der Waals surface area contributed by atoms with Gasteiger partial charge in [0.15, 0.2) is 0 Å². The summed E-state index contributed by atoms with van der Waals surface area (Å²) < 4.78 is 0. The molecule has 0 aliphatic carbocycles. The fourth-order valence-electron chi connectivity index (χ4n) is 1.73. The van der Waals surface area contributed by atoms with Gasteiger partial charge in [-0.05, 0) is 31.0 Å². The molecule has 0 aromatic rings. The second-order valence-electron chi connectivity index (χ2n) is 3.12. The molecule has 0 N–H and O–H groups in total. The molecular formula is C8H15ClN2O. The lowest BCUT2D eigenvalue weighted by molar-refractivity contribution is 0.131. The van der Waals surface area contributed by atoms with E-state index in [0.29, 0.717) is 0 Å². The molecule has 1 amide bonds. The van der Waals surface area contributed by atoms with Crippen LogP contribution in [-0.4, -0.2) is 41.5 Å². The molecule has 70 valence electrons. The van der Waals surface area contributed by atoms with Crippen LogP contribution >= 0.6 is 11.6 Å². The highest BCUT2D eigenvalue weighted by atomic mass is 35.5. The van der Waals surface area contributed by atoms with Crippen LogP contribution in [-0.2, 0) is 0 Å². The van der Waals surface area contributed by atoms with E-state index in [1.165, 1.54) is 0 Å². The summed E-state index contributed by atoms with van der Waals surface area (Å²) in [6.45, 7) is 4.17. The highest BCUT2D eigenvalue weighted by Gasteiger charge is 2.28. The second kappa shape index (κ2) is 4.10. The molecule has 1 unspecified atom stereocenters. The maximum absolute atomic E-state index is 10.9. The molecule has 0 aromatic carbocycles. The number of rotatable bonds is 2. The van der Waals surface area contributed by atoms with Crippen LogP contribution in [0.4, 0.5) is 4.79 Å². The topological polar surface area (TPSA) is 23.6 Å². The van der Waals surface area contributed by atoms with E-state index in [1.54, 1.807) is 11.9 Å². The Bertz CT molecular complexity index is 174. The summed E-state index contributed by atoms with van der Waals surface area (Å²) in [4.78, 5) is 14.7. The van der Waals surface area contributed by atoms with Crippen molar-refractivity contribution in [1.82, 2.24) is 9.80 Å². The third kappa shape index (κ3) is 1.90. The Balaban J connectivity index is 2.55. The van der Waals surface area contributed by atoms with Crippen molar-refractivity contribution in [2.45, 2.75) is 25.9 Å². The van der Waals surface area contributed by atoms with E-state index in [9.17, 15) is 4.79 Å². The van der Waals surface area contributed by atoms with E-state index < -0.39 is 0 Å². The van der Waals surface area contributed by atoms with Crippen LogP contribution in [0.15, 0.2) is 0 Å². The smallest absolute Gasteiger partial charge is 0.317 e. The highest BCUT2D eigenvalue weighted by Crippen LogP contribution is 2.19. The first kappa shape index (κ1) is 9.81. The minimum absolute atomic E-state index is 0.222. The van der Waals surface area contributed by atoms with Gasteiger partial charge in [0, 0.05) is 13.6 Å². The number of nitrogens with zero attached hydrogens (tertiary/aromatic N) is 2. The summed E-state index contributed by atoms with van der Waals surface area (Å²) >= 11 is 5.39. The maximum atomic E-state index is 10.9. The molecule has 1 aliphatic rings. The predicted molar refractivity (Wildman–Crippen MR) is 49.3 cm³/mol. The number of amides is 1. The summed E-state index contributed by atoms with van der Waals surface area (Å²) in [5.74, 6) is 0. The quantitative estimate of drug-likeness (QED) is 0.489. The van der Waals surface area contributed by atoms with Gasteiger partial charge in [0.05, 0.1) is 6.17 Å². The average Bonchev–Trinajstić information content (AvgIpc) is 2.49. The van der Waals surface area contributed by atoms with Gasteiger partial charge in [0.1, 0.15) is 0 Å². The lowest BCUT2D eigenvalue weighted by Gasteiger charge is -2.29. The van der Waals surface area contributed by atoms with E-state index in [1.807, 2.05) is 0 Å². The third-order valence-corrected chi connectivity index (χ3v) is 2.73. The van der Waals surface area contributed by atoms with Crippen molar-refractivity contribution in [2.75, 3.05) is 20.1 Å². The molecule has 1 fully saturated rings. The van der Waals surface area contributed by atoms with Crippen molar-refractivity contribution in [3.8, 4) is 0 Å². The molecule has 12 heavy (non-hydrogen) atoms. The Kier molecular flexibility index (Phi) is 3.35. The number of hydrogen-bond acceptors (Lipinski definition) is 2. The number of halogens is 1. The largest absolute Gasteiger partial charge is 0.317 e. The standard InChI is InChI=1S/C8H15ClN2O/c1-3-11-6-4-5-7(11)10(2)8(9)12/h7H,3-6H2,1-2H3. The van der Waals surface area contributed by atoms with Gasteiger partial charge >= 0.3 is 5.37 Å². The molecule has 1 rings (SSSR count). The minimum Gasteiger partial charge on any atom is -0.317 e. The van der Waals surface area contributed by atoms with Gasteiger partial charge < -0.3 is 4.90 Å². The number of hydrogen-bond donors (Lipinski definition) is 0. The van der Waals surface area contributed by atoms with Crippen LogP contribution in [0.3, 0.4) is 0 Å². The van der Waals surface area contributed by atoms with Gasteiger partial charge in [-0.15, -0.1) is 0 Å². The summed E-state index contributed by atoms with van der Waals surface area (Å²) in [6.07, 6.45) is 2.43. The third-order valence-electron chi connectivity index (χ3n) is 2.46. The summed E-state index contributed by atoms with van der Waals surface area (Å²) in [7, 11) is 1.76. The van der Waals surface area contributed by atoms with Crippen LogP contribution in [0.1, 0.15) is 19.8 Å². The zero-order valence-electron chi connectivity index (χ0n) is 7.59. The normalized spacial score (nSPS) is 24.4. The van der Waals surface area contributed by atoms with Crippen molar-refractivity contribution in [2.24, 2.45) is 0 Å². The lowest BCUT2D eigenvalue weighted by Crippen LogP contribution is -2.43. The molecule has 3 nitrogen and oxygen atoms in total. The first-order valence-corrected chi connectivity index (χ1v) is 4.71. The van der Waals surface area contributed by atoms with Crippen molar-refractivity contribution < 1.29 is 4.79 Å². The van der Waals surface area contributed by atoms with E-state index in [4.69, 9.17) is 11.6 Å². The first-order valence-electron chi connectivity index (χ1n) is 4.33. The van der Waals surface area contributed by atoms with Crippen molar-refractivity contribution >= 4 is 17.0 Å². The molecule has 0 bridgehead atoms. The van der Waals surface area contributed by atoms with E-state index in [-0.39, 0.29) is 11.5 Å². The van der Waals surface area contributed by atoms with Gasteiger partial charge in [-0.25, -0.2) is 0 Å². The molecule has 4 heteroatoms. The van der Waals surface area contributed by atoms with Crippen molar-refractivity contribution in [3.05, 3.63) is 0 Å². The summed E-state index contributed by atoms with van der Waals surface area (Å²) in [5, 5.41) is -0.361. The molecular weight excluding hydrogens is 176 g/mol. The SMILES string of the molecule is CCN1CCCC1N(C)C(=O)Cl. The number of likely N-dealkylation sites (tertiary alicyclic amines) is 1. The zero-order chi connectivity index (χ0) is 9.14. The van der Waals surface area contributed by atoms with Gasteiger partial charge in [-0.1, -0.05) is 6.92 Å². The first-order chi connectivity index (χ1) is 5.66. The molecule has 0 spiro atoms. The maximum Gasteiger partial charge on any atom is 0.317 e. The average molecular weight is 191 g/mol. The van der Waals surface area contributed by atoms with Crippen LogP contribution in [0.25, 0.3) is 0 Å². The molecule has 1 aliphatic heterocycles.